The average Bonchev–Trinajstić information content (AvgIpc) is 3.01. The molecule has 0 radical (unpaired) electrons. The maximum absolute atomic E-state index is 6.06. The smallest absolute Gasteiger partial charge is 0.163 e. The lowest BCUT2D eigenvalue weighted by Gasteiger charge is -2.07. The Morgan fingerprint density at radius 3 is 2.76 bits per heavy atom. The first kappa shape index (κ1) is 13.5. The van der Waals surface area contributed by atoms with Crippen molar-refractivity contribution in [1.82, 2.24) is 25.1 Å². The van der Waals surface area contributed by atoms with Crippen LogP contribution in [0.1, 0.15) is 5.82 Å². The second-order valence-electron chi connectivity index (χ2n) is 4.37. The lowest BCUT2D eigenvalue weighted by Crippen LogP contribution is -2.08. The van der Waals surface area contributed by atoms with Crippen LogP contribution in [0, 0.1) is 0 Å². The molecular weight excluding hydrogens is 288 g/mol. The third-order valence-electron chi connectivity index (χ3n) is 2.86. The van der Waals surface area contributed by atoms with Gasteiger partial charge in [-0.05, 0) is 0 Å². The minimum Gasteiger partial charge on any atom is -0.369 e. The molecule has 0 saturated heterocycles. The normalized spacial score (nSPS) is 10.5. The molecule has 1 aromatic carbocycles. The Balaban J connectivity index is 1.72. The summed E-state index contributed by atoms with van der Waals surface area (Å²) in [6.45, 7) is 0.677. The molecule has 0 spiro atoms. The predicted octanol–water partition coefficient (Wildman–Crippen LogP) is 2.57. The van der Waals surface area contributed by atoms with Crippen molar-refractivity contribution in [3.63, 3.8) is 0 Å². The number of nitrogens with one attached hydrogen (secondary N) is 2. The number of aromatic amines is 1. The lowest BCUT2D eigenvalue weighted by molar-refractivity contribution is 0.896. The third kappa shape index (κ3) is 3.55. The van der Waals surface area contributed by atoms with Crippen molar-refractivity contribution in [3.05, 3.63) is 53.7 Å². The summed E-state index contributed by atoms with van der Waals surface area (Å²) in [5.74, 6) is 2.12. The van der Waals surface area contributed by atoms with Crippen molar-refractivity contribution < 1.29 is 0 Å². The van der Waals surface area contributed by atoms with E-state index in [2.05, 4.69) is 30.5 Å². The number of rotatable bonds is 5. The third-order valence-corrected chi connectivity index (χ3v) is 3.05. The quantitative estimate of drug-likeness (QED) is 0.708. The van der Waals surface area contributed by atoms with Gasteiger partial charge in [0.1, 0.15) is 23.1 Å². The summed E-state index contributed by atoms with van der Waals surface area (Å²) in [4.78, 5) is 12.8. The molecule has 2 aromatic heterocycles. The maximum atomic E-state index is 6.06. The van der Waals surface area contributed by atoms with Gasteiger partial charge in [-0.1, -0.05) is 41.9 Å². The largest absolute Gasteiger partial charge is 0.369 e. The minimum absolute atomic E-state index is 0.408. The van der Waals surface area contributed by atoms with E-state index in [9.17, 15) is 0 Å². The van der Waals surface area contributed by atoms with Crippen LogP contribution in [0.25, 0.3) is 11.4 Å². The van der Waals surface area contributed by atoms with Gasteiger partial charge in [0.2, 0.25) is 0 Å². The fourth-order valence-electron chi connectivity index (χ4n) is 1.88. The zero-order valence-corrected chi connectivity index (χ0v) is 11.9. The highest BCUT2D eigenvalue weighted by Gasteiger charge is 2.05. The lowest BCUT2D eigenvalue weighted by atomic mass is 10.2. The molecule has 2 heterocycles. The zero-order valence-electron chi connectivity index (χ0n) is 11.1. The van der Waals surface area contributed by atoms with Crippen LogP contribution in [-0.2, 0) is 6.42 Å². The van der Waals surface area contributed by atoms with E-state index in [1.165, 1.54) is 6.33 Å². The molecule has 0 atom stereocenters. The second kappa shape index (κ2) is 6.32. The van der Waals surface area contributed by atoms with E-state index in [1.807, 2.05) is 30.3 Å². The Labute approximate surface area is 126 Å². The average molecular weight is 301 g/mol. The van der Waals surface area contributed by atoms with E-state index in [4.69, 9.17) is 11.6 Å². The number of halogens is 1. The first-order valence-corrected chi connectivity index (χ1v) is 6.87. The summed E-state index contributed by atoms with van der Waals surface area (Å²) in [6.07, 6.45) is 2.21. The van der Waals surface area contributed by atoms with Gasteiger partial charge < -0.3 is 5.32 Å². The highest BCUT2D eigenvalue weighted by molar-refractivity contribution is 6.29. The minimum atomic E-state index is 0.408. The van der Waals surface area contributed by atoms with Crippen LogP contribution in [-0.4, -0.2) is 31.7 Å². The topological polar surface area (TPSA) is 79.4 Å². The molecule has 21 heavy (non-hydrogen) atoms. The van der Waals surface area contributed by atoms with Gasteiger partial charge in [-0.25, -0.2) is 15.0 Å². The van der Waals surface area contributed by atoms with Crippen molar-refractivity contribution in [2.75, 3.05) is 11.9 Å². The van der Waals surface area contributed by atoms with E-state index in [0.29, 0.717) is 23.3 Å². The Kier molecular flexibility index (Phi) is 4.07. The van der Waals surface area contributed by atoms with E-state index in [-0.39, 0.29) is 0 Å². The number of nitrogens with zero attached hydrogens (tertiary/aromatic N) is 4. The Morgan fingerprint density at radius 1 is 1.14 bits per heavy atom. The maximum Gasteiger partial charge on any atom is 0.163 e. The molecule has 3 rings (SSSR count). The van der Waals surface area contributed by atoms with Gasteiger partial charge in [0.25, 0.3) is 0 Å². The van der Waals surface area contributed by atoms with Gasteiger partial charge >= 0.3 is 0 Å². The molecule has 0 aliphatic rings. The second-order valence-corrected chi connectivity index (χ2v) is 4.76. The van der Waals surface area contributed by atoms with E-state index in [0.717, 1.165) is 17.8 Å². The van der Waals surface area contributed by atoms with Crippen LogP contribution in [0.3, 0.4) is 0 Å². The molecule has 106 valence electrons. The highest BCUT2D eigenvalue weighted by atomic mass is 35.5. The van der Waals surface area contributed by atoms with Crippen molar-refractivity contribution in [1.29, 1.82) is 0 Å². The van der Waals surface area contributed by atoms with Crippen LogP contribution in [0.2, 0.25) is 5.15 Å². The molecule has 0 fully saturated rings. The van der Waals surface area contributed by atoms with Crippen LogP contribution in [0.5, 0.6) is 0 Å². The van der Waals surface area contributed by atoms with Crippen LogP contribution < -0.4 is 5.32 Å². The van der Waals surface area contributed by atoms with Crippen LogP contribution >= 0.6 is 11.6 Å². The number of hydrogen-bond donors (Lipinski definition) is 2. The van der Waals surface area contributed by atoms with Gasteiger partial charge in [-0.3, -0.25) is 5.10 Å². The highest BCUT2D eigenvalue weighted by Crippen LogP contribution is 2.19. The molecule has 7 heteroatoms. The number of benzene rings is 1. The van der Waals surface area contributed by atoms with Gasteiger partial charge in [0, 0.05) is 24.6 Å². The molecule has 0 bridgehead atoms. The molecule has 2 N–H and O–H groups in total. The Morgan fingerprint density at radius 2 is 2.00 bits per heavy atom. The number of hydrogen-bond acceptors (Lipinski definition) is 5. The van der Waals surface area contributed by atoms with Crippen LogP contribution in [0.4, 0.5) is 5.82 Å². The number of anilines is 1. The molecule has 0 aliphatic heterocycles. The molecule has 0 amide bonds. The van der Waals surface area contributed by atoms with E-state index >= 15 is 0 Å². The van der Waals surface area contributed by atoms with Crippen LogP contribution in [0.15, 0.2) is 42.7 Å². The summed E-state index contributed by atoms with van der Waals surface area (Å²) < 4.78 is 0. The number of H-pyrrole nitrogens is 1. The van der Waals surface area contributed by atoms with Crippen molar-refractivity contribution in [2.24, 2.45) is 0 Å². The summed E-state index contributed by atoms with van der Waals surface area (Å²) in [6, 6.07) is 11.4. The number of aromatic nitrogens is 5. The SMILES string of the molecule is Clc1cc(NCCc2ncn[nH]2)nc(-c2ccccc2)n1. The first-order chi connectivity index (χ1) is 10.3. The summed E-state index contributed by atoms with van der Waals surface area (Å²) in [7, 11) is 0. The standard InChI is InChI=1S/C14H13ClN6/c15-11-8-13(16-7-6-12-17-9-18-21-12)20-14(19-11)10-4-2-1-3-5-10/h1-5,8-9H,6-7H2,(H,16,19,20)(H,17,18,21). The van der Waals surface area contributed by atoms with Gasteiger partial charge in [0.05, 0.1) is 0 Å². The molecule has 0 unspecified atom stereocenters. The molecule has 0 aliphatic carbocycles. The van der Waals surface area contributed by atoms with Gasteiger partial charge in [-0.15, -0.1) is 0 Å². The molecular formula is C14H13ClN6. The zero-order chi connectivity index (χ0) is 14.5. The predicted molar refractivity (Wildman–Crippen MR) is 81.1 cm³/mol. The van der Waals surface area contributed by atoms with Crippen molar-refractivity contribution in [2.45, 2.75) is 6.42 Å². The monoisotopic (exact) mass is 300 g/mol. The van der Waals surface area contributed by atoms with Gasteiger partial charge in [-0.2, -0.15) is 5.10 Å². The van der Waals surface area contributed by atoms with E-state index in [1.54, 1.807) is 6.07 Å². The molecule has 0 saturated carbocycles. The fraction of sp³-hybridized carbons (Fsp3) is 0.143. The van der Waals surface area contributed by atoms with E-state index < -0.39 is 0 Å². The molecule has 3 aromatic rings. The fourth-order valence-corrected chi connectivity index (χ4v) is 2.07. The van der Waals surface area contributed by atoms with Gasteiger partial charge in [0.15, 0.2) is 5.82 Å². The van der Waals surface area contributed by atoms with Crippen molar-refractivity contribution in [3.8, 4) is 11.4 Å². The molecule has 6 nitrogen and oxygen atoms in total. The first-order valence-electron chi connectivity index (χ1n) is 6.49. The Bertz CT molecular complexity index is 699. The summed E-state index contributed by atoms with van der Waals surface area (Å²) in [5.41, 5.74) is 0.929. The summed E-state index contributed by atoms with van der Waals surface area (Å²) >= 11 is 6.06. The Hall–Kier alpha value is -2.47. The van der Waals surface area contributed by atoms with Crippen molar-refractivity contribution >= 4 is 17.4 Å². The summed E-state index contributed by atoms with van der Waals surface area (Å²) in [5, 5.41) is 10.2.